The van der Waals surface area contributed by atoms with Crippen LogP contribution < -0.4 is 5.32 Å². The van der Waals surface area contributed by atoms with E-state index < -0.39 is 0 Å². The van der Waals surface area contributed by atoms with Crippen LogP contribution in [0.4, 0.5) is 0 Å². The van der Waals surface area contributed by atoms with E-state index in [-0.39, 0.29) is 12.0 Å². The number of aryl methyl sites for hydroxylation is 1. The molecular formula is C12H18N2O2. The van der Waals surface area contributed by atoms with Crippen molar-refractivity contribution in [3.8, 4) is 0 Å². The number of carbonyl (C=O) groups excluding carboxylic acids is 1. The molecule has 16 heavy (non-hydrogen) atoms. The highest BCUT2D eigenvalue weighted by Gasteiger charge is 2.12. The predicted molar refractivity (Wildman–Crippen MR) is 61.9 cm³/mol. The molecule has 4 heteroatoms. The zero-order valence-corrected chi connectivity index (χ0v) is 9.99. The summed E-state index contributed by atoms with van der Waals surface area (Å²) in [5.74, 6) is -0.214. The van der Waals surface area contributed by atoms with Gasteiger partial charge in [0.15, 0.2) is 0 Å². The SMILES string of the molecule is CCOC(=O)C(C)NCc1ccncc1C. The molecule has 1 aromatic heterocycles. The minimum absolute atomic E-state index is 0.214. The molecule has 0 bridgehead atoms. The Labute approximate surface area is 96.0 Å². The van der Waals surface area contributed by atoms with Crippen LogP contribution in [-0.2, 0) is 16.1 Å². The lowest BCUT2D eigenvalue weighted by atomic mass is 10.1. The molecule has 0 fully saturated rings. The number of ether oxygens (including phenoxy) is 1. The van der Waals surface area contributed by atoms with Gasteiger partial charge in [0.2, 0.25) is 0 Å². The van der Waals surface area contributed by atoms with Gasteiger partial charge in [-0.25, -0.2) is 0 Å². The first-order valence-corrected chi connectivity index (χ1v) is 5.44. The Hall–Kier alpha value is -1.42. The summed E-state index contributed by atoms with van der Waals surface area (Å²) in [4.78, 5) is 15.4. The molecule has 88 valence electrons. The maximum absolute atomic E-state index is 11.4. The van der Waals surface area contributed by atoms with Crippen molar-refractivity contribution in [3.63, 3.8) is 0 Å². The average molecular weight is 222 g/mol. The monoisotopic (exact) mass is 222 g/mol. The summed E-state index contributed by atoms with van der Waals surface area (Å²) in [5.41, 5.74) is 2.26. The Balaban J connectivity index is 2.46. The van der Waals surface area contributed by atoms with Gasteiger partial charge < -0.3 is 10.1 Å². The van der Waals surface area contributed by atoms with Crippen molar-refractivity contribution in [1.82, 2.24) is 10.3 Å². The molecule has 0 saturated carbocycles. The molecular weight excluding hydrogens is 204 g/mol. The highest BCUT2D eigenvalue weighted by molar-refractivity contribution is 5.75. The van der Waals surface area contributed by atoms with Crippen molar-refractivity contribution in [2.45, 2.75) is 33.4 Å². The number of carbonyl (C=O) groups is 1. The zero-order valence-electron chi connectivity index (χ0n) is 9.99. The van der Waals surface area contributed by atoms with Crippen LogP contribution in [0.15, 0.2) is 18.5 Å². The molecule has 0 aliphatic heterocycles. The first-order valence-electron chi connectivity index (χ1n) is 5.44. The summed E-state index contributed by atoms with van der Waals surface area (Å²) in [7, 11) is 0. The van der Waals surface area contributed by atoms with E-state index in [1.165, 1.54) is 0 Å². The average Bonchev–Trinajstić information content (AvgIpc) is 2.28. The fourth-order valence-electron chi connectivity index (χ4n) is 1.31. The molecule has 1 unspecified atom stereocenters. The van der Waals surface area contributed by atoms with Crippen LogP contribution in [0.5, 0.6) is 0 Å². The predicted octanol–water partition coefficient (Wildman–Crippen LogP) is 1.43. The van der Waals surface area contributed by atoms with Crippen LogP contribution in [0, 0.1) is 6.92 Å². The molecule has 1 atom stereocenters. The molecule has 0 aliphatic carbocycles. The lowest BCUT2D eigenvalue weighted by Gasteiger charge is -2.13. The summed E-state index contributed by atoms with van der Waals surface area (Å²) >= 11 is 0. The third kappa shape index (κ3) is 3.62. The van der Waals surface area contributed by atoms with Crippen LogP contribution in [0.25, 0.3) is 0 Å². The minimum Gasteiger partial charge on any atom is -0.465 e. The third-order valence-electron chi connectivity index (χ3n) is 2.38. The van der Waals surface area contributed by atoms with Gasteiger partial charge in [0, 0.05) is 18.9 Å². The number of aromatic nitrogens is 1. The molecule has 1 N–H and O–H groups in total. The molecule has 0 aliphatic rings. The van der Waals surface area contributed by atoms with Crippen LogP contribution in [-0.4, -0.2) is 23.6 Å². The molecule has 0 saturated heterocycles. The number of rotatable bonds is 5. The second kappa shape index (κ2) is 6.23. The Morgan fingerprint density at radius 3 is 3.00 bits per heavy atom. The molecule has 4 nitrogen and oxygen atoms in total. The molecule has 0 aromatic carbocycles. The molecule has 1 heterocycles. The minimum atomic E-state index is -0.285. The van der Waals surface area contributed by atoms with E-state index in [0.29, 0.717) is 13.2 Å². The molecule has 0 radical (unpaired) electrons. The van der Waals surface area contributed by atoms with E-state index in [4.69, 9.17) is 4.74 Å². The van der Waals surface area contributed by atoms with Crippen molar-refractivity contribution in [2.24, 2.45) is 0 Å². The van der Waals surface area contributed by atoms with Gasteiger partial charge in [-0.15, -0.1) is 0 Å². The first kappa shape index (κ1) is 12.6. The van der Waals surface area contributed by atoms with Crippen LogP contribution in [0.1, 0.15) is 25.0 Å². The van der Waals surface area contributed by atoms with E-state index in [1.807, 2.05) is 19.2 Å². The zero-order chi connectivity index (χ0) is 12.0. The second-order valence-corrected chi connectivity index (χ2v) is 3.66. The summed E-state index contributed by atoms with van der Waals surface area (Å²) < 4.78 is 4.91. The van der Waals surface area contributed by atoms with Gasteiger partial charge in [0.25, 0.3) is 0 Å². The van der Waals surface area contributed by atoms with E-state index >= 15 is 0 Å². The smallest absolute Gasteiger partial charge is 0.322 e. The Kier molecular flexibility index (Phi) is 4.92. The number of hydrogen-bond acceptors (Lipinski definition) is 4. The van der Waals surface area contributed by atoms with E-state index in [2.05, 4.69) is 10.3 Å². The molecule has 0 amide bonds. The van der Waals surface area contributed by atoms with Gasteiger partial charge in [-0.3, -0.25) is 9.78 Å². The van der Waals surface area contributed by atoms with Crippen LogP contribution >= 0.6 is 0 Å². The van der Waals surface area contributed by atoms with Crippen molar-refractivity contribution < 1.29 is 9.53 Å². The fourth-order valence-corrected chi connectivity index (χ4v) is 1.31. The van der Waals surface area contributed by atoms with E-state index in [0.717, 1.165) is 11.1 Å². The topological polar surface area (TPSA) is 51.2 Å². The largest absolute Gasteiger partial charge is 0.465 e. The van der Waals surface area contributed by atoms with Gasteiger partial charge >= 0.3 is 5.97 Å². The van der Waals surface area contributed by atoms with Gasteiger partial charge in [-0.2, -0.15) is 0 Å². The van der Waals surface area contributed by atoms with E-state index in [1.54, 1.807) is 20.0 Å². The Morgan fingerprint density at radius 2 is 2.38 bits per heavy atom. The fraction of sp³-hybridized carbons (Fsp3) is 0.500. The third-order valence-corrected chi connectivity index (χ3v) is 2.38. The summed E-state index contributed by atoms with van der Waals surface area (Å²) in [6, 6.07) is 1.66. The van der Waals surface area contributed by atoms with Crippen molar-refractivity contribution in [3.05, 3.63) is 29.6 Å². The summed E-state index contributed by atoms with van der Waals surface area (Å²) in [6.45, 7) is 6.67. The molecule has 1 aromatic rings. The van der Waals surface area contributed by atoms with Gasteiger partial charge in [-0.05, 0) is 38.0 Å². The standard InChI is InChI=1S/C12H18N2O2/c1-4-16-12(15)10(3)14-8-11-5-6-13-7-9(11)2/h5-7,10,14H,4,8H2,1-3H3. The van der Waals surface area contributed by atoms with E-state index in [9.17, 15) is 4.79 Å². The number of nitrogens with one attached hydrogen (secondary N) is 1. The number of esters is 1. The van der Waals surface area contributed by atoms with Gasteiger partial charge in [0.05, 0.1) is 6.61 Å². The Morgan fingerprint density at radius 1 is 1.62 bits per heavy atom. The highest BCUT2D eigenvalue weighted by Crippen LogP contribution is 2.04. The van der Waals surface area contributed by atoms with Crippen molar-refractivity contribution in [1.29, 1.82) is 0 Å². The second-order valence-electron chi connectivity index (χ2n) is 3.66. The molecule has 1 rings (SSSR count). The lowest BCUT2D eigenvalue weighted by Crippen LogP contribution is -2.35. The lowest BCUT2D eigenvalue weighted by molar-refractivity contribution is -0.145. The highest BCUT2D eigenvalue weighted by atomic mass is 16.5. The van der Waals surface area contributed by atoms with Crippen LogP contribution in [0.2, 0.25) is 0 Å². The molecule has 0 spiro atoms. The normalized spacial score (nSPS) is 12.2. The summed E-state index contributed by atoms with van der Waals surface area (Å²) in [5, 5.41) is 3.12. The Bertz CT molecular complexity index is 353. The first-order chi connectivity index (χ1) is 7.65. The number of hydrogen-bond donors (Lipinski definition) is 1. The maximum atomic E-state index is 11.4. The summed E-state index contributed by atoms with van der Waals surface area (Å²) in [6.07, 6.45) is 3.56. The number of nitrogens with zero attached hydrogens (tertiary/aromatic N) is 1. The van der Waals surface area contributed by atoms with Gasteiger partial charge in [0.1, 0.15) is 6.04 Å². The number of pyridine rings is 1. The van der Waals surface area contributed by atoms with Crippen LogP contribution in [0.3, 0.4) is 0 Å². The maximum Gasteiger partial charge on any atom is 0.322 e. The van der Waals surface area contributed by atoms with Crippen molar-refractivity contribution >= 4 is 5.97 Å². The van der Waals surface area contributed by atoms with Crippen molar-refractivity contribution in [2.75, 3.05) is 6.61 Å². The quantitative estimate of drug-likeness (QED) is 0.766. The van der Waals surface area contributed by atoms with Gasteiger partial charge in [-0.1, -0.05) is 0 Å².